The minimum absolute atomic E-state index is 0.148. The van der Waals surface area contributed by atoms with Crippen LogP contribution in [0.25, 0.3) is 5.57 Å². The number of hydrogen-bond donors (Lipinski definition) is 0. The summed E-state index contributed by atoms with van der Waals surface area (Å²) in [6.07, 6.45) is 0. The van der Waals surface area contributed by atoms with Crippen molar-refractivity contribution in [1.29, 1.82) is 0 Å². The van der Waals surface area contributed by atoms with Crippen LogP contribution in [0.3, 0.4) is 0 Å². The number of benzene rings is 2. The molecule has 164 valence electrons. The highest BCUT2D eigenvalue weighted by atomic mass is 31.1. The van der Waals surface area contributed by atoms with Gasteiger partial charge in [-0.1, -0.05) is 102 Å². The van der Waals surface area contributed by atoms with E-state index in [4.69, 9.17) is 4.43 Å². The summed E-state index contributed by atoms with van der Waals surface area (Å²) in [5.74, 6) is 0. The molecule has 31 heavy (non-hydrogen) atoms. The van der Waals surface area contributed by atoms with Gasteiger partial charge in [-0.15, -0.1) is 0 Å². The van der Waals surface area contributed by atoms with E-state index in [1.165, 1.54) is 41.0 Å². The average molecular weight is 449 g/mol. The Morgan fingerprint density at radius 2 is 1.06 bits per heavy atom. The Hall–Kier alpha value is -1.89. The van der Waals surface area contributed by atoms with Gasteiger partial charge < -0.3 is 4.43 Å². The van der Waals surface area contributed by atoms with E-state index >= 15 is 0 Å². The van der Waals surface area contributed by atoms with E-state index in [-0.39, 0.29) is 10.8 Å². The molecule has 0 aliphatic heterocycles. The van der Waals surface area contributed by atoms with Crippen LogP contribution in [0, 0.1) is 4.94 Å². The highest BCUT2D eigenvalue weighted by Crippen LogP contribution is 2.49. The van der Waals surface area contributed by atoms with Gasteiger partial charge >= 0.3 is 0 Å². The van der Waals surface area contributed by atoms with Crippen molar-refractivity contribution in [2.75, 3.05) is 0 Å². The molecule has 3 aromatic carbocycles. The van der Waals surface area contributed by atoms with Crippen LogP contribution in [-0.2, 0) is 15.3 Å². The molecule has 3 aromatic rings. The SMILES string of the molecule is CC(C)(C)c1c(C(C)(C)C)c1=PC(O[Si](C)(C)C)=C(c1ccccc1)c1ccccc1. The van der Waals surface area contributed by atoms with E-state index in [2.05, 4.69) is 122 Å². The summed E-state index contributed by atoms with van der Waals surface area (Å²) in [4.78, 5) is 1.47. The predicted octanol–water partition coefficient (Wildman–Crippen LogP) is 8.90. The lowest BCUT2D eigenvalue weighted by atomic mass is 9.86. The molecule has 0 fully saturated rings. The predicted molar refractivity (Wildman–Crippen MR) is 140 cm³/mol. The molecule has 0 aromatic heterocycles. The van der Waals surface area contributed by atoms with Crippen LogP contribution in [0.15, 0.2) is 66.2 Å². The van der Waals surface area contributed by atoms with E-state index in [1.54, 1.807) is 0 Å². The standard InChI is InChI=1S/C28H37OPSi/c1-27(2,3)23-24(28(4,5)6)25(23)30-26(29-31(7,8)9)22(20-16-12-10-13-17-20)21-18-14-11-15-19-21/h10-19H,1-9H3. The molecule has 0 bridgehead atoms. The van der Waals surface area contributed by atoms with Crippen LogP contribution in [-0.4, -0.2) is 8.32 Å². The Labute approximate surface area is 191 Å². The summed E-state index contributed by atoms with van der Waals surface area (Å²) < 4.78 is 6.84. The Morgan fingerprint density at radius 3 is 1.39 bits per heavy atom. The molecule has 0 aliphatic carbocycles. The van der Waals surface area contributed by atoms with Crippen molar-refractivity contribution >= 4 is 22.1 Å². The number of hydrogen-bond acceptors (Lipinski definition) is 1. The molecule has 0 amide bonds. The van der Waals surface area contributed by atoms with Crippen molar-refractivity contribution in [3.05, 3.63) is 93.4 Å². The molecule has 1 nitrogen and oxygen atoms in total. The molecule has 0 radical (unpaired) electrons. The summed E-state index contributed by atoms with van der Waals surface area (Å²) >= 11 is 0. The second kappa shape index (κ2) is 8.56. The third kappa shape index (κ3) is 5.87. The first-order valence-corrected chi connectivity index (χ1v) is 15.5. The lowest BCUT2D eigenvalue weighted by molar-refractivity contribution is 0.465. The minimum Gasteiger partial charge on any atom is -0.541 e. The van der Waals surface area contributed by atoms with Gasteiger partial charge in [0.2, 0.25) is 8.32 Å². The maximum absolute atomic E-state index is 6.84. The third-order valence-corrected chi connectivity index (χ3v) is 7.29. The van der Waals surface area contributed by atoms with Crippen LogP contribution in [0.5, 0.6) is 0 Å². The first-order valence-electron chi connectivity index (χ1n) is 11.2. The molecule has 0 heterocycles. The fourth-order valence-corrected chi connectivity index (χ4v) is 7.22. The third-order valence-electron chi connectivity index (χ3n) is 5.12. The molecule has 0 saturated heterocycles. The van der Waals surface area contributed by atoms with Gasteiger partial charge in [0.05, 0.1) is 0 Å². The lowest BCUT2D eigenvalue weighted by Crippen LogP contribution is -2.24. The zero-order valence-corrected chi connectivity index (χ0v) is 22.5. The van der Waals surface area contributed by atoms with E-state index in [9.17, 15) is 0 Å². The molecule has 3 heteroatoms. The van der Waals surface area contributed by atoms with Gasteiger partial charge in [-0.3, -0.25) is 0 Å². The van der Waals surface area contributed by atoms with Gasteiger partial charge in [-0.2, -0.15) is 0 Å². The van der Waals surface area contributed by atoms with Crippen LogP contribution in [0.4, 0.5) is 0 Å². The average Bonchev–Trinajstić information content (AvgIpc) is 3.37. The zero-order valence-electron chi connectivity index (χ0n) is 20.6. The van der Waals surface area contributed by atoms with E-state index in [0.717, 1.165) is 5.50 Å². The molecule has 0 spiro atoms. The maximum Gasteiger partial charge on any atom is 0.242 e. The van der Waals surface area contributed by atoms with Crippen molar-refractivity contribution in [3.63, 3.8) is 0 Å². The van der Waals surface area contributed by atoms with Crippen molar-refractivity contribution in [3.8, 4) is 0 Å². The normalized spacial score (nSPS) is 12.9. The highest BCUT2D eigenvalue weighted by molar-refractivity contribution is 7.35. The Kier molecular flexibility index (Phi) is 6.56. The summed E-state index contributed by atoms with van der Waals surface area (Å²) in [6.45, 7) is 20.8. The summed E-state index contributed by atoms with van der Waals surface area (Å²) in [5.41, 5.74) is 8.08. The molecule has 0 unspecified atom stereocenters. The van der Waals surface area contributed by atoms with Crippen molar-refractivity contribution in [2.45, 2.75) is 72.0 Å². The maximum atomic E-state index is 6.84. The smallest absolute Gasteiger partial charge is 0.242 e. The summed E-state index contributed by atoms with van der Waals surface area (Å²) in [7, 11) is -0.631. The second-order valence-corrected chi connectivity index (χ2v) is 16.8. The van der Waals surface area contributed by atoms with E-state index < -0.39 is 8.32 Å². The van der Waals surface area contributed by atoms with Gasteiger partial charge in [-0.25, -0.2) is 0 Å². The van der Waals surface area contributed by atoms with Crippen LogP contribution in [0.1, 0.15) is 63.8 Å². The quantitative estimate of drug-likeness (QED) is 0.215. The minimum atomic E-state index is -1.82. The molecule has 0 atom stereocenters. The van der Waals surface area contributed by atoms with Crippen molar-refractivity contribution in [2.24, 2.45) is 0 Å². The zero-order chi connectivity index (χ0) is 23.0. The Morgan fingerprint density at radius 1 is 0.677 bits per heavy atom. The monoisotopic (exact) mass is 448 g/mol. The first-order chi connectivity index (χ1) is 14.3. The Balaban J connectivity index is 2.35. The van der Waals surface area contributed by atoms with Crippen molar-refractivity contribution in [1.82, 2.24) is 0 Å². The van der Waals surface area contributed by atoms with Crippen LogP contribution >= 0.6 is 8.20 Å². The number of rotatable bonds is 5. The van der Waals surface area contributed by atoms with E-state index in [1.807, 2.05) is 0 Å². The molecule has 3 rings (SSSR count). The van der Waals surface area contributed by atoms with Crippen LogP contribution in [0.2, 0.25) is 19.6 Å². The Bertz CT molecular complexity index is 1010. The molecule has 0 aliphatic rings. The summed E-state index contributed by atoms with van der Waals surface area (Å²) in [5, 5.41) is 0. The second-order valence-electron chi connectivity index (χ2n) is 11.3. The van der Waals surface area contributed by atoms with Gasteiger partial charge in [-0.05, 0) is 60.9 Å². The topological polar surface area (TPSA) is 9.23 Å². The first kappa shape index (κ1) is 23.8. The van der Waals surface area contributed by atoms with Crippen LogP contribution < -0.4 is 0 Å². The van der Waals surface area contributed by atoms with Gasteiger partial charge in [0.25, 0.3) is 0 Å². The molecule has 0 N–H and O–H groups in total. The van der Waals surface area contributed by atoms with Gasteiger partial charge in [0.1, 0.15) is 5.50 Å². The molecular weight excluding hydrogens is 411 g/mol. The lowest BCUT2D eigenvalue weighted by Gasteiger charge is -2.23. The van der Waals surface area contributed by atoms with E-state index in [0.29, 0.717) is 0 Å². The molecular formula is C28H37OPSi. The fraction of sp³-hybridized carbons (Fsp3) is 0.393. The highest BCUT2D eigenvalue weighted by Gasteiger charge is 2.36. The largest absolute Gasteiger partial charge is 0.541 e. The van der Waals surface area contributed by atoms with Gasteiger partial charge in [0, 0.05) is 10.5 Å². The fourth-order valence-electron chi connectivity index (χ4n) is 3.89. The van der Waals surface area contributed by atoms with Crippen molar-refractivity contribution < 1.29 is 4.43 Å². The van der Waals surface area contributed by atoms with Gasteiger partial charge in [0.15, 0.2) is 0 Å². The summed E-state index contributed by atoms with van der Waals surface area (Å²) in [6, 6.07) is 21.4. The molecule has 0 saturated carbocycles.